The normalized spacial score (nSPS) is 11.4. The number of halogens is 3. The molecule has 2 aromatic rings. The molecule has 0 bridgehead atoms. The number of benzene rings is 2. The maximum absolute atomic E-state index is 6.13. The molecular weight excluding hydrogens is 341 g/mol. The van der Waals surface area contributed by atoms with Gasteiger partial charge in [-0.15, -0.1) is 0 Å². The SMILES string of the molecule is CC/C(=N/Nc1cc(Cl)ccc1Cl)c1cc(Cl)ccc1NC. The average molecular weight is 357 g/mol. The maximum atomic E-state index is 6.13. The molecule has 0 amide bonds. The van der Waals surface area contributed by atoms with Crippen molar-refractivity contribution in [2.45, 2.75) is 13.3 Å². The molecule has 2 rings (SSSR count). The van der Waals surface area contributed by atoms with Crippen molar-refractivity contribution < 1.29 is 0 Å². The van der Waals surface area contributed by atoms with Crippen LogP contribution in [0.5, 0.6) is 0 Å². The van der Waals surface area contributed by atoms with Crippen LogP contribution in [0.3, 0.4) is 0 Å². The summed E-state index contributed by atoms with van der Waals surface area (Å²) < 4.78 is 0. The van der Waals surface area contributed by atoms with Gasteiger partial charge in [-0.1, -0.05) is 41.7 Å². The highest BCUT2D eigenvalue weighted by molar-refractivity contribution is 6.35. The Kier molecular flexibility index (Phi) is 5.95. The van der Waals surface area contributed by atoms with E-state index in [1.807, 2.05) is 32.2 Å². The predicted molar refractivity (Wildman–Crippen MR) is 97.9 cm³/mol. The van der Waals surface area contributed by atoms with Gasteiger partial charge in [-0.25, -0.2) is 0 Å². The summed E-state index contributed by atoms with van der Waals surface area (Å²) in [6.45, 7) is 2.03. The number of nitrogens with zero attached hydrogens (tertiary/aromatic N) is 1. The topological polar surface area (TPSA) is 36.4 Å². The van der Waals surface area contributed by atoms with Gasteiger partial charge in [0, 0.05) is 28.3 Å². The lowest BCUT2D eigenvalue weighted by molar-refractivity contribution is 1.22. The lowest BCUT2D eigenvalue weighted by Crippen LogP contribution is -2.07. The van der Waals surface area contributed by atoms with E-state index in [0.29, 0.717) is 20.8 Å². The van der Waals surface area contributed by atoms with Crippen LogP contribution in [0.15, 0.2) is 41.5 Å². The maximum Gasteiger partial charge on any atom is 0.0762 e. The van der Waals surface area contributed by atoms with Gasteiger partial charge in [0.2, 0.25) is 0 Å². The lowest BCUT2D eigenvalue weighted by Gasteiger charge is -2.12. The van der Waals surface area contributed by atoms with Crippen molar-refractivity contribution in [3.63, 3.8) is 0 Å². The molecule has 0 radical (unpaired) electrons. The van der Waals surface area contributed by atoms with Crippen LogP contribution in [0.1, 0.15) is 18.9 Å². The molecule has 0 spiro atoms. The molecule has 0 aliphatic rings. The van der Waals surface area contributed by atoms with Crippen LogP contribution in [0.2, 0.25) is 15.1 Å². The average Bonchev–Trinajstić information content (AvgIpc) is 2.51. The third kappa shape index (κ3) is 4.07. The second-order valence-electron chi connectivity index (χ2n) is 4.59. The van der Waals surface area contributed by atoms with Crippen molar-refractivity contribution in [1.29, 1.82) is 0 Å². The van der Waals surface area contributed by atoms with Gasteiger partial charge in [0.05, 0.1) is 16.4 Å². The first-order chi connectivity index (χ1) is 10.5. The Labute approximate surface area is 145 Å². The molecule has 22 heavy (non-hydrogen) atoms. The fourth-order valence-corrected chi connectivity index (χ4v) is 2.52. The Morgan fingerprint density at radius 1 is 1.00 bits per heavy atom. The first-order valence-electron chi connectivity index (χ1n) is 6.80. The quantitative estimate of drug-likeness (QED) is 0.515. The lowest BCUT2D eigenvalue weighted by atomic mass is 10.1. The van der Waals surface area contributed by atoms with E-state index in [-0.39, 0.29) is 0 Å². The van der Waals surface area contributed by atoms with E-state index < -0.39 is 0 Å². The van der Waals surface area contributed by atoms with Gasteiger partial charge in [0.15, 0.2) is 0 Å². The molecule has 116 valence electrons. The third-order valence-electron chi connectivity index (χ3n) is 3.14. The molecule has 6 heteroatoms. The van der Waals surface area contributed by atoms with Crippen LogP contribution in [-0.4, -0.2) is 12.8 Å². The van der Waals surface area contributed by atoms with Crippen molar-refractivity contribution >= 4 is 51.9 Å². The molecule has 0 aromatic heterocycles. The van der Waals surface area contributed by atoms with Gasteiger partial charge >= 0.3 is 0 Å². The number of anilines is 2. The fourth-order valence-electron chi connectivity index (χ4n) is 2.01. The van der Waals surface area contributed by atoms with Gasteiger partial charge in [-0.3, -0.25) is 5.43 Å². The summed E-state index contributed by atoms with van der Waals surface area (Å²) in [5.41, 5.74) is 6.41. The number of hydrogen-bond donors (Lipinski definition) is 2. The largest absolute Gasteiger partial charge is 0.388 e. The summed E-state index contributed by atoms with van der Waals surface area (Å²) in [4.78, 5) is 0. The van der Waals surface area contributed by atoms with Crippen LogP contribution in [0, 0.1) is 0 Å². The van der Waals surface area contributed by atoms with E-state index >= 15 is 0 Å². The minimum Gasteiger partial charge on any atom is -0.388 e. The van der Waals surface area contributed by atoms with Crippen molar-refractivity contribution in [2.24, 2.45) is 5.10 Å². The van der Waals surface area contributed by atoms with Gasteiger partial charge in [0.1, 0.15) is 0 Å². The number of hydrogen-bond acceptors (Lipinski definition) is 3. The second kappa shape index (κ2) is 7.73. The summed E-state index contributed by atoms with van der Waals surface area (Å²) in [7, 11) is 1.86. The molecule has 0 fully saturated rings. The zero-order valence-corrected chi connectivity index (χ0v) is 14.5. The second-order valence-corrected chi connectivity index (χ2v) is 5.87. The Bertz CT molecular complexity index is 699. The molecule has 2 aromatic carbocycles. The molecule has 0 aliphatic heterocycles. The molecule has 0 atom stereocenters. The van der Waals surface area contributed by atoms with Gasteiger partial charge in [0.25, 0.3) is 0 Å². The Balaban J connectivity index is 2.35. The molecular formula is C16H16Cl3N3. The minimum absolute atomic E-state index is 0.559. The number of nitrogens with one attached hydrogen (secondary N) is 2. The number of rotatable bonds is 5. The molecule has 0 unspecified atom stereocenters. The van der Waals surface area contributed by atoms with E-state index in [1.54, 1.807) is 18.2 Å². The van der Waals surface area contributed by atoms with Crippen molar-refractivity contribution in [3.05, 3.63) is 57.0 Å². The molecule has 0 saturated heterocycles. The highest BCUT2D eigenvalue weighted by Gasteiger charge is 2.09. The Hall–Kier alpha value is -1.42. The highest BCUT2D eigenvalue weighted by atomic mass is 35.5. The summed E-state index contributed by atoms with van der Waals surface area (Å²) in [5.74, 6) is 0. The van der Waals surface area contributed by atoms with Crippen LogP contribution in [-0.2, 0) is 0 Å². The van der Waals surface area contributed by atoms with E-state index in [9.17, 15) is 0 Å². The van der Waals surface area contributed by atoms with Gasteiger partial charge in [-0.2, -0.15) is 5.10 Å². The Morgan fingerprint density at radius 3 is 2.36 bits per heavy atom. The minimum atomic E-state index is 0.559. The molecule has 2 N–H and O–H groups in total. The first-order valence-corrected chi connectivity index (χ1v) is 7.93. The summed E-state index contributed by atoms with van der Waals surface area (Å²) >= 11 is 18.2. The standard InChI is InChI=1S/C16H16Cl3N3/c1-3-14(12-8-10(17)5-7-15(12)20-2)21-22-16-9-11(18)4-6-13(16)19/h4-9,20,22H,3H2,1-2H3/b21-14-. The third-order valence-corrected chi connectivity index (χ3v) is 3.94. The van der Waals surface area contributed by atoms with Crippen LogP contribution < -0.4 is 10.7 Å². The highest BCUT2D eigenvalue weighted by Crippen LogP contribution is 2.26. The smallest absolute Gasteiger partial charge is 0.0762 e. The predicted octanol–water partition coefficient (Wildman–Crippen LogP) is 5.91. The summed E-state index contributed by atoms with van der Waals surface area (Å²) in [5, 5.41) is 9.42. The van der Waals surface area contributed by atoms with E-state index in [4.69, 9.17) is 34.8 Å². The number of hydrazone groups is 1. The van der Waals surface area contributed by atoms with Crippen LogP contribution >= 0.6 is 34.8 Å². The zero-order chi connectivity index (χ0) is 16.1. The van der Waals surface area contributed by atoms with Crippen molar-refractivity contribution in [1.82, 2.24) is 0 Å². The zero-order valence-electron chi connectivity index (χ0n) is 12.3. The van der Waals surface area contributed by atoms with E-state index in [1.165, 1.54) is 0 Å². The van der Waals surface area contributed by atoms with Crippen LogP contribution in [0.25, 0.3) is 0 Å². The fraction of sp³-hybridized carbons (Fsp3) is 0.188. The summed E-state index contributed by atoms with van der Waals surface area (Å²) in [6, 6.07) is 10.8. The molecule has 0 saturated carbocycles. The first kappa shape index (κ1) is 16.9. The molecule has 0 heterocycles. The van der Waals surface area contributed by atoms with Crippen LogP contribution in [0.4, 0.5) is 11.4 Å². The van der Waals surface area contributed by atoms with E-state index in [2.05, 4.69) is 15.8 Å². The van der Waals surface area contributed by atoms with Gasteiger partial charge < -0.3 is 5.32 Å². The monoisotopic (exact) mass is 355 g/mol. The van der Waals surface area contributed by atoms with Crippen molar-refractivity contribution in [3.8, 4) is 0 Å². The summed E-state index contributed by atoms with van der Waals surface area (Å²) in [6.07, 6.45) is 0.736. The Morgan fingerprint density at radius 2 is 1.68 bits per heavy atom. The van der Waals surface area contributed by atoms with Crippen molar-refractivity contribution in [2.75, 3.05) is 17.8 Å². The van der Waals surface area contributed by atoms with Gasteiger partial charge in [-0.05, 0) is 42.8 Å². The van der Waals surface area contributed by atoms with E-state index in [0.717, 1.165) is 23.4 Å². The molecule has 0 aliphatic carbocycles. The molecule has 3 nitrogen and oxygen atoms in total.